The number of carbonyl (C=O) groups is 2. The van der Waals surface area contributed by atoms with E-state index in [0.29, 0.717) is 25.3 Å². The fraction of sp³-hybridized carbons (Fsp3) is 0.875. The van der Waals surface area contributed by atoms with Gasteiger partial charge in [-0.1, -0.05) is 20.3 Å². The van der Waals surface area contributed by atoms with E-state index in [1.165, 1.54) is 0 Å². The number of unbranched alkanes of at least 4 members (excludes halogenated alkanes) is 1. The van der Waals surface area contributed by atoms with Gasteiger partial charge >= 0.3 is 5.97 Å². The van der Waals surface area contributed by atoms with Crippen molar-refractivity contribution in [2.24, 2.45) is 17.6 Å². The first-order valence-electron chi connectivity index (χ1n) is 8.17. The number of hydrogen-bond donors (Lipinski definition) is 2. The molecule has 22 heavy (non-hydrogen) atoms. The van der Waals surface area contributed by atoms with E-state index in [1.807, 2.05) is 20.8 Å². The lowest BCUT2D eigenvalue weighted by atomic mass is 9.96. The zero-order chi connectivity index (χ0) is 17.0. The van der Waals surface area contributed by atoms with Gasteiger partial charge in [0.25, 0.3) is 0 Å². The Kier molecular flexibility index (Phi) is 12.3. The lowest BCUT2D eigenvalue weighted by Gasteiger charge is -2.21. The molecule has 6 heteroatoms. The number of rotatable bonds is 12. The van der Waals surface area contributed by atoms with Crippen LogP contribution >= 0.6 is 11.8 Å². The molecule has 3 N–H and O–H groups in total. The quantitative estimate of drug-likeness (QED) is 0.423. The third kappa shape index (κ3) is 10.1. The first kappa shape index (κ1) is 21.2. The summed E-state index contributed by atoms with van der Waals surface area (Å²) in [6, 6.07) is 0.0984. The summed E-state index contributed by atoms with van der Waals surface area (Å²) >= 11 is 1.65. The van der Waals surface area contributed by atoms with Crippen LogP contribution in [0.4, 0.5) is 0 Å². The molecule has 0 bridgehead atoms. The van der Waals surface area contributed by atoms with Crippen molar-refractivity contribution < 1.29 is 14.3 Å². The van der Waals surface area contributed by atoms with Crippen LogP contribution in [0.15, 0.2) is 0 Å². The second kappa shape index (κ2) is 12.8. The Labute approximate surface area is 139 Å². The third-order valence-electron chi connectivity index (χ3n) is 3.17. The van der Waals surface area contributed by atoms with Crippen molar-refractivity contribution in [1.82, 2.24) is 5.32 Å². The van der Waals surface area contributed by atoms with Gasteiger partial charge in [0.15, 0.2) is 0 Å². The highest BCUT2D eigenvalue weighted by molar-refractivity contribution is 7.99. The van der Waals surface area contributed by atoms with Gasteiger partial charge in [0.05, 0.1) is 12.5 Å². The monoisotopic (exact) mass is 332 g/mol. The molecular formula is C16H32N2O3S. The van der Waals surface area contributed by atoms with Gasteiger partial charge in [-0.05, 0) is 26.7 Å². The smallest absolute Gasteiger partial charge is 0.308 e. The fourth-order valence-corrected chi connectivity index (χ4v) is 2.85. The van der Waals surface area contributed by atoms with Crippen LogP contribution in [0.25, 0.3) is 0 Å². The van der Waals surface area contributed by atoms with Gasteiger partial charge in [-0.3, -0.25) is 9.59 Å². The van der Waals surface area contributed by atoms with E-state index in [1.54, 1.807) is 11.8 Å². The Bertz CT molecular complexity index is 325. The average molecular weight is 333 g/mol. The predicted molar refractivity (Wildman–Crippen MR) is 92.8 cm³/mol. The predicted octanol–water partition coefficient (Wildman–Crippen LogP) is 2.19. The molecule has 5 nitrogen and oxygen atoms in total. The second-order valence-corrected chi connectivity index (χ2v) is 7.03. The fourth-order valence-electron chi connectivity index (χ4n) is 1.94. The van der Waals surface area contributed by atoms with Gasteiger partial charge in [-0.15, -0.1) is 0 Å². The molecule has 2 unspecified atom stereocenters. The van der Waals surface area contributed by atoms with Gasteiger partial charge in [0, 0.05) is 30.0 Å². The third-order valence-corrected chi connectivity index (χ3v) is 4.33. The minimum absolute atomic E-state index is 0.00716. The standard InChI is InChI=1S/C16H32N2O3S/c1-5-6-8-21-16(20)13(4)10-14(11-22-9-7-17)15(19)18-12(2)3/h12-14H,5-11,17H2,1-4H3,(H,18,19). The molecule has 0 aliphatic heterocycles. The van der Waals surface area contributed by atoms with Crippen molar-refractivity contribution in [3.8, 4) is 0 Å². The SMILES string of the molecule is CCCCOC(=O)C(C)CC(CSCCN)C(=O)NC(C)C. The number of carbonyl (C=O) groups excluding carboxylic acids is 2. The number of ether oxygens (including phenoxy) is 1. The van der Waals surface area contributed by atoms with Crippen LogP contribution in [0, 0.1) is 11.8 Å². The molecule has 0 spiro atoms. The van der Waals surface area contributed by atoms with Crippen molar-refractivity contribution in [1.29, 1.82) is 0 Å². The second-order valence-electron chi connectivity index (χ2n) is 5.88. The normalized spacial score (nSPS) is 13.7. The Balaban J connectivity index is 4.46. The summed E-state index contributed by atoms with van der Waals surface area (Å²) in [5.74, 6) is 0.849. The number of esters is 1. The zero-order valence-electron chi connectivity index (χ0n) is 14.4. The lowest BCUT2D eigenvalue weighted by Crippen LogP contribution is -2.38. The minimum atomic E-state index is -0.266. The van der Waals surface area contributed by atoms with Crippen LogP contribution in [-0.2, 0) is 14.3 Å². The molecule has 0 radical (unpaired) electrons. The number of nitrogens with two attached hydrogens (primary N) is 1. The van der Waals surface area contributed by atoms with Crippen molar-refractivity contribution in [3.05, 3.63) is 0 Å². The van der Waals surface area contributed by atoms with E-state index in [2.05, 4.69) is 12.2 Å². The summed E-state index contributed by atoms with van der Waals surface area (Å²) in [7, 11) is 0. The van der Waals surface area contributed by atoms with E-state index in [-0.39, 0.29) is 29.8 Å². The van der Waals surface area contributed by atoms with Gasteiger partial charge in [0.2, 0.25) is 5.91 Å². The molecule has 0 rings (SSSR count). The molecule has 0 aliphatic carbocycles. The lowest BCUT2D eigenvalue weighted by molar-refractivity contribution is -0.148. The Morgan fingerprint density at radius 2 is 1.95 bits per heavy atom. The summed E-state index contributed by atoms with van der Waals surface area (Å²) < 4.78 is 5.23. The molecule has 1 amide bonds. The maximum absolute atomic E-state index is 12.3. The van der Waals surface area contributed by atoms with Crippen LogP contribution in [0.2, 0.25) is 0 Å². The maximum atomic E-state index is 12.3. The molecule has 0 aromatic rings. The molecule has 130 valence electrons. The molecule has 0 fully saturated rings. The number of nitrogens with one attached hydrogen (secondary N) is 1. The molecule has 0 aromatic carbocycles. The summed E-state index contributed by atoms with van der Waals surface area (Å²) in [6.45, 7) is 8.81. The summed E-state index contributed by atoms with van der Waals surface area (Å²) in [4.78, 5) is 24.2. The van der Waals surface area contributed by atoms with E-state index < -0.39 is 0 Å². The first-order valence-corrected chi connectivity index (χ1v) is 9.32. The van der Waals surface area contributed by atoms with Crippen molar-refractivity contribution in [2.45, 2.75) is 53.0 Å². The van der Waals surface area contributed by atoms with Gasteiger partial charge in [0.1, 0.15) is 0 Å². The van der Waals surface area contributed by atoms with Gasteiger partial charge in [-0.25, -0.2) is 0 Å². The number of amides is 1. The minimum Gasteiger partial charge on any atom is -0.465 e. The molecule has 0 heterocycles. The van der Waals surface area contributed by atoms with Crippen LogP contribution < -0.4 is 11.1 Å². The van der Waals surface area contributed by atoms with E-state index in [0.717, 1.165) is 18.6 Å². The molecule has 0 aromatic heterocycles. The highest BCUT2D eigenvalue weighted by Crippen LogP contribution is 2.19. The number of hydrogen-bond acceptors (Lipinski definition) is 5. The van der Waals surface area contributed by atoms with Gasteiger partial charge in [-0.2, -0.15) is 11.8 Å². The number of thioether (sulfide) groups is 1. The van der Waals surface area contributed by atoms with Crippen LogP contribution in [0.3, 0.4) is 0 Å². The summed E-state index contributed by atoms with van der Waals surface area (Å²) in [5, 5.41) is 2.93. The van der Waals surface area contributed by atoms with Crippen molar-refractivity contribution >= 4 is 23.6 Å². The maximum Gasteiger partial charge on any atom is 0.308 e. The average Bonchev–Trinajstić information content (AvgIpc) is 2.45. The Hall–Kier alpha value is -0.750. The van der Waals surface area contributed by atoms with Crippen LogP contribution in [0.1, 0.15) is 47.0 Å². The summed E-state index contributed by atoms with van der Waals surface area (Å²) in [5.41, 5.74) is 5.49. The van der Waals surface area contributed by atoms with E-state index in [4.69, 9.17) is 10.5 Å². The zero-order valence-corrected chi connectivity index (χ0v) is 15.2. The van der Waals surface area contributed by atoms with E-state index in [9.17, 15) is 9.59 Å². The van der Waals surface area contributed by atoms with Crippen molar-refractivity contribution in [3.63, 3.8) is 0 Å². The van der Waals surface area contributed by atoms with Crippen LogP contribution in [-0.4, -0.2) is 42.6 Å². The highest BCUT2D eigenvalue weighted by atomic mass is 32.2. The Morgan fingerprint density at radius 3 is 2.50 bits per heavy atom. The molecular weight excluding hydrogens is 300 g/mol. The largest absolute Gasteiger partial charge is 0.465 e. The molecule has 0 saturated carbocycles. The van der Waals surface area contributed by atoms with E-state index >= 15 is 0 Å². The first-order chi connectivity index (χ1) is 10.4. The highest BCUT2D eigenvalue weighted by Gasteiger charge is 2.25. The Morgan fingerprint density at radius 1 is 1.27 bits per heavy atom. The molecule has 0 aliphatic rings. The molecule has 0 saturated heterocycles. The van der Waals surface area contributed by atoms with Gasteiger partial charge < -0.3 is 15.8 Å². The summed E-state index contributed by atoms with van der Waals surface area (Å²) in [6.07, 6.45) is 2.39. The molecule has 2 atom stereocenters. The topological polar surface area (TPSA) is 81.4 Å². The van der Waals surface area contributed by atoms with Crippen molar-refractivity contribution in [2.75, 3.05) is 24.7 Å². The van der Waals surface area contributed by atoms with Crippen LogP contribution in [0.5, 0.6) is 0 Å².